The van der Waals surface area contributed by atoms with Gasteiger partial charge in [0.05, 0.1) is 11.1 Å². The molecule has 1 aromatic heterocycles. The highest BCUT2D eigenvalue weighted by Crippen LogP contribution is 2.39. The third-order valence-corrected chi connectivity index (χ3v) is 11.7. The van der Waals surface area contributed by atoms with Gasteiger partial charge in [-0.05, 0) is 78.6 Å². The van der Waals surface area contributed by atoms with Crippen molar-refractivity contribution in [1.29, 1.82) is 0 Å². The molecule has 0 amide bonds. The summed E-state index contributed by atoms with van der Waals surface area (Å²) in [6.07, 6.45) is -10.8. The van der Waals surface area contributed by atoms with Crippen molar-refractivity contribution in [2.75, 3.05) is 24.6 Å². The van der Waals surface area contributed by atoms with Gasteiger partial charge in [0.2, 0.25) is 0 Å². The van der Waals surface area contributed by atoms with Gasteiger partial charge in [0.1, 0.15) is 17.7 Å². The Bertz CT molecular complexity index is 2260. The van der Waals surface area contributed by atoms with Gasteiger partial charge in [-0.1, -0.05) is 47.5 Å². The normalized spacial score (nSPS) is 11.8. The number of thioether (sulfide) groups is 2. The van der Waals surface area contributed by atoms with E-state index in [1.807, 2.05) is 0 Å². The van der Waals surface area contributed by atoms with Crippen LogP contribution in [0.5, 0.6) is 0 Å². The van der Waals surface area contributed by atoms with Crippen LogP contribution < -0.4 is 11.5 Å². The summed E-state index contributed by atoms with van der Waals surface area (Å²) in [4.78, 5) is 62.7. The Morgan fingerprint density at radius 3 is 1.20 bits per heavy atom. The number of aryl methyl sites for hydroxylation is 2. The summed E-state index contributed by atoms with van der Waals surface area (Å²) in [5.41, 5.74) is 10.9. The number of hydrogen-bond acceptors (Lipinski definition) is 10. The molecule has 4 N–H and O–H groups in total. The average molecular weight is 867 g/mol. The molecule has 0 aliphatic rings. The maximum absolute atomic E-state index is 14.3. The minimum Gasteiger partial charge on any atom is -0.330 e. The van der Waals surface area contributed by atoms with Crippen LogP contribution in [0.3, 0.4) is 0 Å². The van der Waals surface area contributed by atoms with Crippen LogP contribution in [0.2, 0.25) is 0 Å². The van der Waals surface area contributed by atoms with Gasteiger partial charge < -0.3 is 11.5 Å². The molecule has 16 heteroatoms. The summed E-state index contributed by atoms with van der Waals surface area (Å²) in [5.74, 6) is -1.92. The number of rotatable bonds is 18. The van der Waals surface area contributed by atoms with Crippen LogP contribution in [0.4, 0.5) is 26.3 Å². The van der Waals surface area contributed by atoms with Gasteiger partial charge in [-0.25, -0.2) is 9.97 Å². The van der Waals surface area contributed by atoms with Gasteiger partial charge in [0, 0.05) is 71.2 Å². The molecule has 314 valence electrons. The smallest absolute Gasteiger partial charge is 0.330 e. The highest BCUT2D eigenvalue weighted by Gasteiger charge is 2.34. The quantitative estimate of drug-likeness (QED) is 0.0498. The van der Waals surface area contributed by atoms with Crippen molar-refractivity contribution in [2.45, 2.75) is 61.7 Å². The van der Waals surface area contributed by atoms with Crippen molar-refractivity contribution in [3.8, 4) is 0 Å². The Labute approximate surface area is 351 Å². The number of halogens is 6. The molecule has 8 nitrogen and oxygen atoms in total. The predicted molar refractivity (Wildman–Crippen MR) is 219 cm³/mol. The fraction of sp³-hybridized carbons (Fsp3) is 0.273. The highest BCUT2D eigenvalue weighted by molar-refractivity contribution is 7.99. The van der Waals surface area contributed by atoms with Gasteiger partial charge in [0.15, 0.2) is 23.1 Å². The second-order valence-electron chi connectivity index (χ2n) is 13.9. The lowest BCUT2D eigenvalue weighted by atomic mass is 9.95. The van der Waals surface area contributed by atoms with Crippen LogP contribution >= 0.6 is 23.5 Å². The van der Waals surface area contributed by atoms with Gasteiger partial charge in [-0.3, -0.25) is 19.2 Å². The molecule has 5 aromatic rings. The molecular formula is C44H40F6N4O4S2. The summed E-state index contributed by atoms with van der Waals surface area (Å²) in [6.45, 7) is 3.84. The van der Waals surface area contributed by atoms with E-state index in [4.69, 9.17) is 11.5 Å². The maximum atomic E-state index is 14.3. The number of alkyl halides is 6. The van der Waals surface area contributed by atoms with Crippen LogP contribution in [0.25, 0.3) is 0 Å². The molecular weight excluding hydrogens is 827 g/mol. The molecule has 60 heavy (non-hydrogen) atoms. The van der Waals surface area contributed by atoms with Crippen molar-refractivity contribution < 1.29 is 45.5 Å². The lowest BCUT2D eigenvalue weighted by Crippen LogP contribution is -2.16. The largest absolute Gasteiger partial charge is 0.416 e. The number of Topliss-reactive ketones (excluding diaryl/α,β-unsaturated/α-hetero) is 4. The van der Waals surface area contributed by atoms with Gasteiger partial charge >= 0.3 is 12.4 Å². The van der Waals surface area contributed by atoms with Gasteiger partial charge in [0.25, 0.3) is 0 Å². The van der Waals surface area contributed by atoms with Crippen LogP contribution in [0.1, 0.15) is 86.2 Å². The predicted octanol–water partition coefficient (Wildman–Crippen LogP) is 8.93. The molecule has 0 radical (unpaired) electrons. The Morgan fingerprint density at radius 1 is 0.533 bits per heavy atom. The maximum Gasteiger partial charge on any atom is 0.416 e. The summed E-state index contributed by atoms with van der Waals surface area (Å²) in [7, 11) is 0. The average Bonchev–Trinajstić information content (AvgIpc) is 3.19. The standard InChI is InChI=1S/C44H40F6N4O4S2/c1-25-5-3-7-27(13-25)37(55)19-29-15-33(43(45,46)47)17-31(41(29)59-11-9-51)21-39(57)35-23-36(54-24-53-35)40(58)22-32-18-34(44(48,49)50)16-30(42(32)60-12-10-52)20-38(56)28-8-4-6-26(2)14-28/h3-8,13-18,23-24H,9-12,19-22,51-52H2,1-2H3. The minimum atomic E-state index is -4.83. The van der Waals surface area contributed by atoms with Gasteiger partial charge in [-0.2, -0.15) is 26.3 Å². The Kier molecular flexibility index (Phi) is 15.3. The molecule has 1 heterocycles. The van der Waals surface area contributed by atoms with E-state index in [0.717, 1.165) is 71.3 Å². The molecule has 0 unspecified atom stereocenters. The number of carbonyl (C=O) groups is 4. The SMILES string of the molecule is Cc1cccc(C(=O)Cc2cc(C(F)(F)F)cc(CC(=O)c3cc(C(=O)Cc4cc(C(F)(F)F)cc(CC(=O)c5cccc(C)c5)c4SCCN)ncn3)c2SCCN)c1. The van der Waals surface area contributed by atoms with Crippen molar-refractivity contribution in [2.24, 2.45) is 11.5 Å². The molecule has 0 aliphatic carbocycles. The van der Waals surface area contributed by atoms with E-state index >= 15 is 0 Å². The van der Waals surface area contributed by atoms with E-state index in [2.05, 4.69) is 9.97 Å². The van der Waals surface area contributed by atoms with Crippen molar-refractivity contribution in [1.82, 2.24) is 9.97 Å². The lowest BCUT2D eigenvalue weighted by molar-refractivity contribution is -0.138. The Hall–Kier alpha value is -5.16. The summed E-state index contributed by atoms with van der Waals surface area (Å²) >= 11 is 2.20. The van der Waals surface area contributed by atoms with Crippen LogP contribution in [-0.4, -0.2) is 57.7 Å². The first kappa shape index (κ1) is 45.9. The molecule has 0 bridgehead atoms. The van der Waals surface area contributed by atoms with E-state index in [0.29, 0.717) is 11.1 Å². The zero-order chi connectivity index (χ0) is 43.8. The first-order chi connectivity index (χ1) is 28.4. The van der Waals surface area contributed by atoms with Crippen molar-refractivity contribution >= 4 is 46.7 Å². The Morgan fingerprint density at radius 2 is 0.883 bits per heavy atom. The van der Waals surface area contributed by atoms with E-state index in [1.165, 1.54) is 0 Å². The molecule has 0 aliphatic heterocycles. The minimum absolute atomic E-state index is 0.0370. The zero-order valence-electron chi connectivity index (χ0n) is 32.5. The van der Waals surface area contributed by atoms with E-state index in [9.17, 15) is 45.5 Å². The monoisotopic (exact) mass is 866 g/mol. The third-order valence-electron chi connectivity index (χ3n) is 9.19. The third kappa shape index (κ3) is 12.0. The molecule has 0 saturated carbocycles. The highest BCUT2D eigenvalue weighted by atomic mass is 32.2. The molecule has 0 fully saturated rings. The number of hydrogen-bond donors (Lipinski definition) is 2. The fourth-order valence-electron chi connectivity index (χ4n) is 6.43. The topological polar surface area (TPSA) is 146 Å². The van der Waals surface area contributed by atoms with Crippen LogP contribution in [0.15, 0.2) is 95.0 Å². The number of carbonyl (C=O) groups excluding carboxylic acids is 4. The number of ketones is 4. The number of aromatic nitrogens is 2. The molecule has 5 rings (SSSR count). The molecule has 0 spiro atoms. The molecule has 0 atom stereocenters. The van der Waals surface area contributed by atoms with Crippen molar-refractivity contribution in [3.05, 3.63) is 152 Å². The van der Waals surface area contributed by atoms with Crippen LogP contribution in [-0.2, 0) is 38.0 Å². The van der Waals surface area contributed by atoms with Crippen LogP contribution in [0, 0.1) is 13.8 Å². The van der Waals surface area contributed by atoms with E-state index < -0.39 is 72.3 Å². The zero-order valence-corrected chi connectivity index (χ0v) is 34.1. The number of benzene rings is 4. The fourth-order valence-corrected chi connectivity index (χ4v) is 8.34. The number of nitrogens with two attached hydrogens (primary N) is 2. The Balaban J connectivity index is 1.48. The summed E-state index contributed by atoms with van der Waals surface area (Å²) < 4.78 is 85.5. The first-order valence-electron chi connectivity index (χ1n) is 18.6. The molecule has 0 saturated heterocycles. The van der Waals surface area contributed by atoms with Crippen molar-refractivity contribution in [3.63, 3.8) is 0 Å². The van der Waals surface area contributed by atoms with Gasteiger partial charge in [-0.15, -0.1) is 23.5 Å². The second kappa shape index (κ2) is 19.9. The molecule has 4 aromatic carbocycles. The number of nitrogens with zero attached hydrogens (tertiary/aromatic N) is 2. The summed E-state index contributed by atoms with van der Waals surface area (Å²) in [6, 6.07) is 17.7. The van der Waals surface area contributed by atoms with E-state index in [1.54, 1.807) is 62.4 Å². The summed E-state index contributed by atoms with van der Waals surface area (Å²) in [5, 5.41) is 0. The lowest BCUT2D eigenvalue weighted by Gasteiger charge is -2.18. The first-order valence-corrected chi connectivity index (χ1v) is 20.5. The van der Waals surface area contributed by atoms with E-state index in [-0.39, 0.29) is 68.0 Å². The second-order valence-corrected chi connectivity index (χ2v) is 16.2.